The molecule has 4 rings (SSSR count). The Hall–Kier alpha value is -3.64. The van der Waals surface area contributed by atoms with E-state index in [0.29, 0.717) is 30.3 Å². The summed E-state index contributed by atoms with van der Waals surface area (Å²) in [5.41, 5.74) is 9.48. The highest BCUT2D eigenvalue weighted by Gasteiger charge is 2.27. The van der Waals surface area contributed by atoms with E-state index in [-0.39, 0.29) is 11.9 Å². The van der Waals surface area contributed by atoms with Gasteiger partial charge in [0.15, 0.2) is 0 Å². The van der Waals surface area contributed by atoms with Crippen LogP contribution < -0.4 is 16.0 Å². The monoisotopic (exact) mass is 554 g/mol. The van der Waals surface area contributed by atoms with Gasteiger partial charge in [-0.2, -0.15) is 0 Å². The van der Waals surface area contributed by atoms with Gasteiger partial charge in [0, 0.05) is 13.1 Å². The number of nitrogens with one attached hydrogen (secondary N) is 1. The van der Waals surface area contributed by atoms with E-state index >= 15 is 0 Å². The zero-order valence-electron chi connectivity index (χ0n) is 24.5. The molecule has 1 aliphatic rings. The summed E-state index contributed by atoms with van der Waals surface area (Å²) < 4.78 is 0. The van der Waals surface area contributed by atoms with Crippen LogP contribution >= 0.6 is 0 Å². The molecule has 1 fully saturated rings. The van der Waals surface area contributed by atoms with E-state index in [1.165, 1.54) is 24.0 Å². The molecule has 0 saturated carbocycles. The van der Waals surface area contributed by atoms with Crippen LogP contribution in [0.25, 0.3) is 0 Å². The number of nitrogens with zero attached hydrogens (tertiary/aromatic N) is 2. The number of piperidine rings is 1. The molecule has 0 unspecified atom stereocenters. The van der Waals surface area contributed by atoms with Gasteiger partial charge < -0.3 is 11.1 Å². The lowest BCUT2D eigenvalue weighted by atomic mass is 9.89. The molecular weight excluding hydrogens is 508 g/mol. The Kier molecular flexibility index (Phi) is 11.8. The SMILES string of the molecule is CCCCCCCN(C(N)=O)c1ccccc1C(=O)NCCC1CCN(C(c2ccccc2)c2ccccc2)CC1. The van der Waals surface area contributed by atoms with Crippen molar-refractivity contribution in [1.82, 2.24) is 10.2 Å². The molecule has 0 aromatic heterocycles. The Labute approximate surface area is 245 Å². The van der Waals surface area contributed by atoms with Crippen LogP contribution in [0.4, 0.5) is 10.5 Å². The van der Waals surface area contributed by atoms with Crippen LogP contribution in [0.2, 0.25) is 0 Å². The summed E-state index contributed by atoms with van der Waals surface area (Å²) in [4.78, 5) is 29.6. The quantitative estimate of drug-likeness (QED) is 0.208. The summed E-state index contributed by atoms with van der Waals surface area (Å²) in [6.07, 6.45) is 8.57. The second kappa shape index (κ2) is 16.0. The molecule has 6 heteroatoms. The van der Waals surface area contributed by atoms with Crippen LogP contribution in [0.1, 0.15) is 85.8 Å². The number of benzene rings is 3. The third-order valence-electron chi connectivity index (χ3n) is 8.27. The summed E-state index contributed by atoms with van der Waals surface area (Å²) in [5.74, 6) is 0.419. The maximum absolute atomic E-state index is 13.2. The van der Waals surface area contributed by atoms with Crippen molar-refractivity contribution in [2.24, 2.45) is 11.7 Å². The van der Waals surface area contributed by atoms with Crippen LogP contribution in [0.15, 0.2) is 84.9 Å². The van der Waals surface area contributed by atoms with E-state index in [9.17, 15) is 9.59 Å². The summed E-state index contributed by atoms with van der Waals surface area (Å²) in [6, 6.07) is 28.6. The summed E-state index contributed by atoms with van der Waals surface area (Å²) >= 11 is 0. The van der Waals surface area contributed by atoms with Crippen LogP contribution in [0.5, 0.6) is 0 Å². The first-order valence-electron chi connectivity index (χ1n) is 15.4. The highest BCUT2D eigenvalue weighted by molar-refractivity contribution is 6.04. The summed E-state index contributed by atoms with van der Waals surface area (Å²) in [5, 5.41) is 3.12. The fourth-order valence-corrected chi connectivity index (χ4v) is 5.99. The topological polar surface area (TPSA) is 78.7 Å². The van der Waals surface area contributed by atoms with Gasteiger partial charge in [0.1, 0.15) is 0 Å². The zero-order valence-corrected chi connectivity index (χ0v) is 24.5. The van der Waals surface area contributed by atoms with Crippen molar-refractivity contribution >= 4 is 17.6 Å². The Morgan fingerprint density at radius 3 is 2.05 bits per heavy atom. The van der Waals surface area contributed by atoms with Gasteiger partial charge in [-0.1, -0.05) is 105 Å². The number of hydrogen-bond donors (Lipinski definition) is 2. The molecule has 3 amide bonds. The van der Waals surface area contributed by atoms with Crippen molar-refractivity contribution in [2.75, 3.05) is 31.1 Å². The van der Waals surface area contributed by atoms with Gasteiger partial charge in [0.25, 0.3) is 5.91 Å². The van der Waals surface area contributed by atoms with Crippen molar-refractivity contribution in [3.05, 3.63) is 102 Å². The third-order valence-corrected chi connectivity index (χ3v) is 8.27. The molecule has 3 aromatic rings. The van der Waals surface area contributed by atoms with Gasteiger partial charge in [-0.3, -0.25) is 14.6 Å². The van der Waals surface area contributed by atoms with Crippen LogP contribution in [-0.2, 0) is 0 Å². The molecular formula is C35H46N4O2. The molecule has 3 N–H and O–H groups in total. The minimum atomic E-state index is -0.517. The molecule has 0 aliphatic carbocycles. The second-order valence-electron chi connectivity index (χ2n) is 11.2. The number of amides is 3. The highest BCUT2D eigenvalue weighted by atomic mass is 16.2. The minimum absolute atomic E-state index is 0.150. The van der Waals surface area contributed by atoms with Crippen LogP contribution in [0, 0.1) is 5.92 Å². The van der Waals surface area contributed by atoms with Crippen molar-refractivity contribution in [3.8, 4) is 0 Å². The average molecular weight is 555 g/mol. The Balaban J connectivity index is 1.30. The first kappa shape index (κ1) is 30.3. The molecule has 1 saturated heterocycles. The molecule has 1 aliphatic heterocycles. The molecule has 0 atom stereocenters. The number of hydrogen-bond acceptors (Lipinski definition) is 3. The third kappa shape index (κ3) is 8.67. The van der Waals surface area contributed by atoms with Crippen molar-refractivity contribution < 1.29 is 9.59 Å². The molecule has 0 radical (unpaired) electrons. The van der Waals surface area contributed by atoms with Gasteiger partial charge in [-0.15, -0.1) is 0 Å². The van der Waals surface area contributed by atoms with E-state index < -0.39 is 6.03 Å². The van der Waals surface area contributed by atoms with Gasteiger partial charge in [0.05, 0.1) is 17.3 Å². The van der Waals surface area contributed by atoms with Crippen molar-refractivity contribution in [3.63, 3.8) is 0 Å². The lowest BCUT2D eigenvalue weighted by molar-refractivity contribution is 0.0946. The van der Waals surface area contributed by atoms with Crippen LogP contribution in [0.3, 0.4) is 0 Å². The summed E-state index contributed by atoms with van der Waals surface area (Å²) in [6.45, 7) is 5.38. The first-order chi connectivity index (χ1) is 20.1. The Morgan fingerprint density at radius 1 is 0.854 bits per heavy atom. The molecule has 218 valence electrons. The van der Waals surface area contributed by atoms with Crippen molar-refractivity contribution in [2.45, 2.75) is 64.3 Å². The van der Waals surface area contributed by atoms with Gasteiger partial charge in [-0.25, -0.2) is 4.79 Å². The average Bonchev–Trinajstić information content (AvgIpc) is 3.01. The molecule has 41 heavy (non-hydrogen) atoms. The number of urea groups is 1. The standard InChI is InChI=1S/C35H46N4O2/c1-2-3-4-5-14-25-39(35(36)41)32-20-13-12-19-31(32)34(40)37-24-21-28-22-26-38(27-23-28)33(29-15-8-6-9-16-29)30-17-10-7-11-18-30/h6-13,15-20,28,33H,2-5,14,21-27H2,1H3,(H2,36,41)(H,37,40). The predicted octanol–water partition coefficient (Wildman–Crippen LogP) is 7.16. The van der Waals surface area contributed by atoms with E-state index in [0.717, 1.165) is 51.6 Å². The van der Waals surface area contributed by atoms with Gasteiger partial charge in [0.2, 0.25) is 0 Å². The maximum atomic E-state index is 13.2. The largest absolute Gasteiger partial charge is 0.352 e. The highest BCUT2D eigenvalue weighted by Crippen LogP contribution is 2.33. The van der Waals surface area contributed by atoms with E-state index in [1.54, 1.807) is 11.0 Å². The van der Waals surface area contributed by atoms with Gasteiger partial charge >= 0.3 is 6.03 Å². The first-order valence-corrected chi connectivity index (χ1v) is 15.4. The van der Waals surface area contributed by atoms with E-state index in [4.69, 9.17) is 5.73 Å². The van der Waals surface area contributed by atoms with E-state index in [1.807, 2.05) is 18.2 Å². The molecule has 0 spiro atoms. The minimum Gasteiger partial charge on any atom is -0.352 e. The molecule has 3 aromatic carbocycles. The number of nitrogens with two attached hydrogens (primary N) is 1. The number of rotatable bonds is 14. The Morgan fingerprint density at radius 2 is 1.44 bits per heavy atom. The smallest absolute Gasteiger partial charge is 0.319 e. The normalized spacial score (nSPS) is 14.2. The predicted molar refractivity (Wildman–Crippen MR) is 168 cm³/mol. The lowest BCUT2D eigenvalue weighted by Crippen LogP contribution is -2.39. The number of carbonyl (C=O) groups is 2. The second-order valence-corrected chi connectivity index (χ2v) is 11.2. The fraction of sp³-hybridized carbons (Fsp3) is 0.429. The summed E-state index contributed by atoms with van der Waals surface area (Å²) in [7, 11) is 0. The lowest BCUT2D eigenvalue weighted by Gasteiger charge is -2.38. The maximum Gasteiger partial charge on any atom is 0.319 e. The molecule has 1 heterocycles. The fourth-order valence-electron chi connectivity index (χ4n) is 5.99. The number of unbranched alkanes of at least 4 members (excludes halogenated alkanes) is 4. The van der Waals surface area contributed by atoms with Crippen LogP contribution in [-0.4, -0.2) is 43.0 Å². The number of anilines is 1. The zero-order chi connectivity index (χ0) is 28.9. The Bertz CT molecular complexity index is 1170. The number of carbonyl (C=O) groups excluding carboxylic acids is 2. The van der Waals surface area contributed by atoms with Crippen molar-refractivity contribution in [1.29, 1.82) is 0 Å². The number of likely N-dealkylation sites (tertiary alicyclic amines) is 1. The van der Waals surface area contributed by atoms with E-state index in [2.05, 4.69) is 77.8 Å². The van der Waals surface area contributed by atoms with Gasteiger partial charge in [-0.05, 0) is 68.0 Å². The molecule has 6 nitrogen and oxygen atoms in total. The molecule has 0 bridgehead atoms. The number of primary amides is 1. The number of para-hydroxylation sites is 1.